The fourth-order valence-corrected chi connectivity index (χ4v) is 2.72. The molecule has 7 heteroatoms. The minimum absolute atomic E-state index is 0.195. The molecule has 1 fully saturated rings. The minimum atomic E-state index is -3.11. The summed E-state index contributed by atoms with van der Waals surface area (Å²) in [7, 11) is -1.56. The molecule has 0 bridgehead atoms. The first kappa shape index (κ1) is 17.4. The number of carbonyl (C=O) groups excluding carboxylic acids is 1. The molecule has 6 nitrogen and oxygen atoms in total. The average molecular weight is 305 g/mol. The zero-order chi connectivity index (χ0) is 15.2. The Morgan fingerprint density at radius 1 is 1.40 bits per heavy atom. The summed E-state index contributed by atoms with van der Waals surface area (Å²) >= 11 is 0. The highest BCUT2D eigenvalue weighted by molar-refractivity contribution is 7.88. The number of rotatable bonds is 7. The molecule has 1 unspecified atom stereocenters. The van der Waals surface area contributed by atoms with Gasteiger partial charge in [-0.05, 0) is 18.8 Å². The van der Waals surface area contributed by atoms with E-state index in [0.717, 1.165) is 19.5 Å². The molecule has 0 aromatic rings. The van der Waals surface area contributed by atoms with E-state index in [4.69, 9.17) is 0 Å². The standard InChI is InChI=1S/C13H27N3O3S/c1-12-5-4-9-16(11-12)13(17)6-7-14-8-10-15(2)20(3,18)19/h12,14H,4-11H2,1-3H3. The molecule has 1 rings (SSSR count). The predicted molar refractivity (Wildman–Crippen MR) is 79.9 cm³/mol. The highest BCUT2D eigenvalue weighted by Crippen LogP contribution is 2.15. The smallest absolute Gasteiger partial charge is 0.223 e. The quantitative estimate of drug-likeness (QED) is 0.678. The second-order valence-corrected chi connectivity index (χ2v) is 7.76. The van der Waals surface area contributed by atoms with Crippen LogP contribution < -0.4 is 5.32 Å². The predicted octanol–water partition coefficient (Wildman–Crippen LogP) is 0.116. The molecule has 0 aliphatic carbocycles. The molecule has 0 spiro atoms. The topological polar surface area (TPSA) is 69.7 Å². The third-order valence-electron chi connectivity index (χ3n) is 3.69. The van der Waals surface area contributed by atoms with E-state index < -0.39 is 10.0 Å². The average Bonchev–Trinajstić information content (AvgIpc) is 2.36. The second-order valence-electron chi connectivity index (χ2n) is 5.67. The van der Waals surface area contributed by atoms with Crippen LogP contribution in [0.5, 0.6) is 0 Å². The van der Waals surface area contributed by atoms with Gasteiger partial charge in [-0.3, -0.25) is 4.79 Å². The molecule has 118 valence electrons. The summed E-state index contributed by atoms with van der Waals surface area (Å²) in [5, 5.41) is 3.12. The summed E-state index contributed by atoms with van der Waals surface area (Å²) in [4.78, 5) is 13.9. The van der Waals surface area contributed by atoms with E-state index in [-0.39, 0.29) is 5.91 Å². The van der Waals surface area contributed by atoms with E-state index in [1.807, 2.05) is 4.90 Å². The number of sulfonamides is 1. The lowest BCUT2D eigenvalue weighted by molar-refractivity contribution is -0.132. The van der Waals surface area contributed by atoms with E-state index in [0.29, 0.717) is 32.0 Å². The Labute approximate surface area is 122 Å². The normalized spacial score (nSPS) is 20.4. The third kappa shape index (κ3) is 6.19. The van der Waals surface area contributed by atoms with Gasteiger partial charge in [0.25, 0.3) is 0 Å². The number of carbonyl (C=O) groups is 1. The van der Waals surface area contributed by atoms with Gasteiger partial charge < -0.3 is 10.2 Å². The van der Waals surface area contributed by atoms with Crippen LogP contribution in [-0.4, -0.2) is 69.6 Å². The lowest BCUT2D eigenvalue weighted by atomic mass is 10.00. The van der Waals surface area contributed by atoms with Gasteiger partial charge >= 0.3 is 0 Å². The largest absolute Gasteiger partial charge is 0.342 e. The summed E-state index contributed by atoms with van der Waals surface area (Å²) in [6.07, 6.45) is 3.97. The maximum absolute atomic E-state index is 12.0. The Hall–Kier alpha value is -0.660. The number of nitrogens with zero attached hydrogens (tertiary/aromatic N) is 2. The van der Waals surface area contributed by atoms with Crippen LogP contribution in [-0.2, 0) is 14.8 Å². The van der Waals surface area contributed by atoms with Crippen molar-refractivity contribution in [2.24, 2.45) is 5.92 Å². The van der Waals surface area contributed by atoms with E-state index in [9.17, 15) is 13.2 Å². The molecular weight excluding hydrogens is 278 g/mol. The number of piperidine rings is 1. The monoisotopic (exact) mass is 305 g/mol. The van der Waals surface area contributed by atoms with Crippen LogP contribution in [0.1, 0.15) is 26.2 Å². The Balaban J connectivity index is 2.13. The number of hydrogen-bond acceptors (Lipinski definition) is 4. The first-order chi connectivity index (χ1) is 9.30. The van der Waals surface area contributed by atoms with Gasteiger partial charge in [-0.2, -0.15) is 0 Å². The molecule has 1 N–H and O–H groups in total. The van der Waals surface area contributed by atoms with Gasteiger partial charge in [0.15, 0.2) is 0 Å². The molecule has 1 amide bonds. The van der Waals surface area contributed by atoms with Crippen molar-refractivity contribution in [2.75, 3.05) is 46.0 Å². The van der Waals surface area contributed by atoms with Crippen LogP contribution in [0.4, 0.5) is 0 Å². The van der Waals surface area contributed by atoms with Crippen LogP contribution in [0.15, 0.2) is 0 Å². The number of amides is 1. The molecule has 1 atom stereocenters. The Bertz CT molecular complexity index is 411. The van der Waals surface area contributed by atoms with Gasteiger partial charge in [0.1, 0.15) is 0 Å². The van der Waals surface area contributed by atoms with E-state index in [1.54, 1.807) is 7.05 Å². The maximum atomic E-state index is 12.0. The molecular formula is C13H27N3O3S. The fraction of sp³-hybridized carbons (Fsp3) is 0.923. The Morgan fingerprint density at radius 3 is 2.70 bits per heavy atom. The zero-order valence-corrected chi connectivity index (χ0v) is 13.6. The second kappa shape index (κ2) is 7.95. The van der Waals surface area contributed by atoms with Crippen molar-refractivity contribution >= 4 is 15.9 Å². The molecule has 1 aliphatic rings. The summed E-state index contributed by atoms with van der Waals surface area (Å²) in [6, 6.07) is 0. The summed E-state index contributed by atoms with van der Waals surface area (Å²) in [5.41, 5.74) is 0. The lowest BCUT2D eigenvalue weighted by Gasteiger charge is -2.31. The van der Waals surface area contributed by atoms with E-state index in [2.05, 4.69) is 12.2 Å². The van der Waals surface area contributed by atoms with Gasteiger partial charge in [-0.25, -0.2) is 12.7 Å². The van der Waals surface area contributed by atoms with Crippen molar-refractivity contribution in [1.82, 2.24) is 14.5 Å². The SMILES string of the molecule is CC1CCCN(C(=O)CCNCCN(C)S(C)(=O)=O)C1. The van der Waals surface area contributed by atoms with Gasteiger partial charge in [0.05, 0.1) is 6.26 Å². The highest BCUT2D eigenvalue weighted by atomic mass is 32.2. The van der Waals surface area contributed by atoms with Crippen molar-refractivity contribution in [3.05, 3.63) is 0 Å². The first-order valence-corrected chi connectivity index (χ1v) is 9.05. The molecule has 0 radical (unpaired) electrons. The van der Waals surface area contributed by atoms with Crippen molar-refractivity contribution in [2.45, 2.75) is 26.2 Å². The van der Waals surface area contributed by atoms with Crippen molar-refractivity contribution in [1.29, 1.82) is 0 Å². The molecule has 1 heterocycles. The van der Waals surface area contributed by atoms with Crippen molar-refractivity contribution in [3.8, 4) is 0 Å². The number of likely N-dealkylation sites (tertiary alicyclic amines) is 1. The molecule has 1 aliphatic heterocycles. The summed E-state index contributed by atoms with van der Waals surface area (Å²) < 4.78 is 23.7. The fourth-order valence-electron chi connectivity index (χ4n) is 2.30. The molecule has 0 saturated carbocycles. The van der Waals surface area contributed by atoms with Gasteiger partial charge in [-0.15, -0.1) is 0 Å². The molecule has 20 heavy (non-hydrogen) atoms. The van der Waals surface area contributed by atoms with Crippen LogP contribution in [0.2, 0.25) is 0 Å². The summed E-state index contributed by atoms with van der Waals surface area (Å²) in [6.45, 7) is 5.51. The van der Waals surface area contributed by atoms with E-state index in [1.165, 1.54) is 17.0 Å². The molecule has 0 aromatic carbocycles. The lowest BCUT2D eigenvalue weighted by Crippen LogP contribution is -2.40. The number of hydrogen-bond donors (Lipinski definition) is 1. The Kier molecular flexibility index (Phi) is 6.91. The number of likely N-dealkylation sites (N-methyl/N-ethyl adjacent to an activating group) is 1. The van der Waals surface area contributed by atoms with Gasteiger partial charge in [0, 0.05) is 46.2 Å². The van der Waals surface area contributed by atoms with Crippen LogP contribution in [0, 0.1) is 5.92 Å². The van der Waals surface area contributed by atoms with Crippen LogP contribution in [0.25, 0.3) is 0 Å². The van der Waals surface area contributed by atoms with Crippen LogP contribution in [0.3, 0.4) is 0 Å². The van der Waals surface area contributed by atoms with Crippen molar-refractivity contribution < 1.29 is 13.2 Å². The summed E-state index contributed by atoms with van der Waals surface area (Å²) in [5.74, 6) is 0.796. The van der Waals surface area contributed by atoms with E-state index >= 15 is 0 Å². The Morgan fingerprint density at radius 2 is 2.10 bits per heavy atom. The number of nitrogens with one attached hydrogen (secondary N) is 1. The first-order valence-electron chi connectivity index (χ1n) is 7.20. The third-order valence-corrected chi connectivity index (χ3v) is 5.01. The minimum Gasteiger partial charge on any atom is -0.342 e. The zero-order valence-electron chi connectivity index (χ0n) is 12.8. The van der Waals surface area contributed by atoms with Gasteiger partial charge in [-0.1, -0.05) is 6.92 Å². The van der Waals surface area contributed by atoms with Crippen LogP contribution >= 0.6 is 0 Å². The maximum Gasteiger partial charge on any atom is 0.223 e. The molecule has 1 saturated heterocycles. The molecule has 0 aromatic heterocycles. The van der Waals surface area contributed by atoms with Crippen molar-refractivity contribution in [3.63, 3.8) is 0 Å². The van der Waals surface area contributed by atoms with Gasteiger partial charge in [0.2, 0.25) is 15.9 Å². The highest BCUT2D eigenvalue weighted by Gasteiger charge is 2.20.